The third kappa shape index (κ3) is 2.19. The van der Waals surface area contributed by atoms with Crippen LogP contribution in [0.3, 0.4) is 0 Å². The van der Waals surface area contributed by atoms with Crippen LogP contribution < -0.4 is 0 Å². The van der Waals surface area contributed by atoms with Crippen LogP contribution in [0.5, 0.6) is 0 Å². The number of carbonyl (C=O) groups is 1. The van der Waals surface area contributed by atoms with Gasteiger partial charge >= 0.3 is 0 Å². The van der Waals surface area contributed by atoms with Crippen LogP contribution in [-0.4, -0.2) is 5.78 Å². The van der Waals surface area contributed by atoms with Crippen molar-refractivity contribution < 1.29 is 4.79 Å². The minimum atomic E-state index is 0.0970. The largest absolute Gasteiger partial charge is 0.295 e. The molecule has 0 aliphatic carbocycles. The topological polar surface area (TPSA) is 17.1 Å². The summed E-state index contributed by atoms with van der Waals surface area (Å²) in [6.45, 7) is 3.63. The molecule has 0 spiro atoms. The van der Waals surface area contributed by atoms with E-state index in [1.807, 2.05) is 36.4 Å². The minimum absolute atomic E-state index is 0.0970. The monoisotopic (exact) mass is 209 g/mol. The van der Waals surface area contributed by atoms with Gasteiger partial charge in [-0.25, -0.2) is 0 Å². The van der Waals surface area contributed by atoms with E-state index in [4.69, 9.17) is 0 Å². The maximum atomic E-state index is 11.1. The van der Waals surface area contributed by atoms with Crippen molar-refractivity contribution in [3.63, 3.8) is 0 Å². The first-order valence-corrected chi connectivity index (χ1v) is 5.26. The van der Waals surface area contributed by atoms with Crippen molar-refractivity contribution in [1.29, 1.82) is 0 Å². The van der Waals surface area contributed by atoms with Gasteiger partial charge in [0.15, 0.2) is 5.78 Å². The lowest BCUT2D eigenvalue weighted by Crippen LogP contribution is -1.90. The highest BCUT2D eigenvalue weighted by Gasteiger charge is 2.01. The first-order chi connectivity index (χ1) is 7.66. The van der Waals surface area contributed by atoms with Crippen molar-refractivity contribution in [2.24, 2.45) is 0 Å². The summed E-state index contributed by atoms with van der Waals surface area (Å²) >= 11 is 0. The zero-order valence-electron chi connectivity index (χ0n) is 9.45. The summed E-state index contributed by atoms with van der Waals surface area (Å²) in [6, 6.07) is 16.8. The van der Waals surface area contributed by atoms with E-state index in [1.54, 1.807) is 6.92 Å². The van der Waals surface area contributed by atoms with E-state index in [9.17, 15) is 4.79 Å². The SMILES string of the molecule is CC(=O)c1ccc(-c2[c]ccc(C)c2)cc1. The second kappa shape index (κ2) is 4.31. The zero-order chi connectivity index (χ0) is 11.5. The quantitative estimate of drug-likeness (QED) is 0.690. The van der Waals surface area contributed by atoms with Gasteiger partial charge in [0, 0.05) is 5.56 Å². The van der Waals surface area contributed by atoms with Crippen molar-refractivity contribution in [3.05, 3.63) is 59.7 Å². The molecule has 1 radical (unpaired) electrons. The Balaban J connectivity index is 2.38. The molecule has 0 saturated carbocycles. The van der Waals surface area contributed by atoms with Crippen LogP contribution in [0.2, 0.25) is 0 Å². The predicted octanol–water partition coefficient (Wildman–Crippen LogP) is 3.66. The first kappa shape index (κ1) is 10.6. The number of hydrogen-bond acceptors (Lipinski definition) is 1. The third-order valence-corrected chi connectivity index (χ3v) is 2.56. The van der Waals surface area contributed by atoms with Gasteiger partial charge in [0.1, 0.15) is 0 Å². The van der Waals surface area contributed by atoms with Crippen molar-refractivity contribution in [1.82, 2.24) is 0 Å². The normalized spacial score (nSPS) is 10.1. The molecule has 2 aromatic carbocycles. The molecule has 0 aromatic heterocycles. The van der Waals surface area contributed by atoms with E-state index in [2.05, 4.69) is 19.1 Å². The zero-order valence-corrected chi connectivity index (χ0v) is 9.45. The highest BCUT2D eigenvalue weighted by molar-refractivity contribution is 5.94. The molecule has 1 nitrogen and oxygen atoms in total. The third-order valence-electron chi connectivity index (χ3n) is 2.56. The van der Waals surface area contributed by atoms with E-state index in [1.165, 1.54) is 5.56 Å². The Hall–Kier alpha value is -1.89. The molecule has 0 bridgehead atoms. The van der Waals surface area contributed by atoms with Gasteiger partial charge in [0.25, 0.3) is 0 Å². The molecule has 0 aliphatic heterocycles. The molecule has 0 saturated heterocycles. The maximum Gasteiger partial charge on any atom is 0.159 e. The summed E-state index contributed by atoms with van der Waals surface area (Å²) in [5.74, 6) is 0.0970. The molecule has 0 amide bonds. The Kier molecular flexibility index (Phi) is 2.86. The average molecular weight is 209 g/mol. The summed E-state index contributed by atoms with van der Waals surface area (Å²) in [4.78, 5) is 11.1. The van der Waals surface area contributed by atoms with Gasteiger partial charge in [-0.2, -0.15) is 0 Å². The fourth-order valence-electron chi connectivity index (χ4n) is 1.63. The smallest absolute Gasteiger partial charge is 0.159 e. The summed E-state index contributed by atoms with van der Waals surface area (Å²) in [5.41, 5.74) is 4.12. The average Bonchev–Trinajstić information content (AvgIpc) is 2.29. The fourth-order valence-corrected chi connectivity index (χ4v) is 1.63. The standard InChI is InChI=1S/C15H13O/c1-11-4-3-5-15(10-11)14-8-6-13(7-9-14)12(2)16/h3-4,6-10H,1-2H3. The van der Waals surface area contributed by atoms with Gasteiger partial charge < -0.3 is 0 Å². The number of benzene rings is 2. The van der Waals surface area contributed by atoms with E-state index in [0.29, 0.717) is 0 Å². The molecule has 0 N–H and O–H groups in total. The van der Waals surface area contributed by atoms with Crippen molar-refractivity contribution in [2.45, 2.75) is 13.8 Å². The Morgan fingerprint density at radius 3 is 2.38 bits per heavy atom. The Morgan fingerprint density at radius 1 is 1.12 bits per heavy atom. The van der Waals surface area contributed by atoms with E-state index in [-0.39, 0.29) is 5.78 Å². The number of aryl methyl sites for hydroxylation is 1. The molecule has 2 aromatic rings. The van der Waals surface area contributed by atoms with Crippen LogP contribution in [0, 0.1) is 13.0 Å². The van der Waals surface area contributed by atoms with Crippen LogP contribution >= 0.6 is 0 Å². The molecular weight excluding hydrogens is 196 g/mol. The molecular formula is C15H13O. The van der Waals surface area contributed by atoms with Gasteiger partial charge in [0.2, 0.25) is 0 Å². The Bertz CT molecular complexity index is 509. The summed E-state index contributed by atoms with van der Waals surface area (Å²) < 4.78 is 0. The molecule has 0 fully saturated rings. The van der Waals surface area contributed by atoms with E-state index in [0.717, 1.165) is 16.7 Å². The van der Waals surface area contributed by atoms with Crippen LogP contribution in [-0.2, 0) is 0 Å². The number of ketones is 1. The van der Waals surface area contributed by atoms with Crippen LogP contribution in [0.1, 0.15) is 22.8 Å². The van der Waals surface area contributed by atoms with E-state index < -0.39 is 0 Å². The van der Waals surface area contributed by atoms with Gasteiger partial charge in [-0.05, 0) is 31.0 Å². The highest BCUT2D eigenvalue weighted by atomic mass is 16.1. The van der Waals surface area contributed by atoms with Gasteiger partial charge in [-0.3, -0.25) is 4.79 Å². The second-order valence-electron chi connectivity index (χ2n) is 3.91. The number of rotatable bonds is 2. The second-order valence-corrected chi connectivity index (χ2v) is 3.91. The Labute approximate surface area is 95.7 Å². The lowest BCUT2D eigenvalue weighted by Gasteiger charge is -2.03. The summed E-state index contributed by atoms with van der Waals surface area (Å²) in [5, 5.41) is 0. The van der Waals surface area contributed by atoms with Gasteiger partial charge in [0.05, 0.1) is 0 Å². The number of Topliss-reactive ketones (excluding diaryl/α,β-unsaturated/α-hetero) is 1. The molecule has 2 rings (SSSR count). The lowest BCUT2D eigenvalue weighted by atomic mass is 10.0. The summed E-state index contributed by atoms with van der Waals surface area (Å²) in [7, 11) is 0. The van der Waals surface area contributed by atoms with Crippen molar-refractivity contribution in [2.75, 3.05) is 0 Å². The maximum absolute atomic E-state index is 11.1. The minimum Gasteiger partial charge on any atom is -0.295 e. The number of carbonyl (C=O) groups excluding carboxylic acids is 1. The van der Waals surface area contributed by atoms with Crippen LogP contribution in [0.25, 0.3) is 11.1 Å². The highest BCUT2D eigenvalue weighted by Crippen LogP contribution is 2.20. The van der Waals surface area contributed by atoms with Gasteiger partial charge in [-0.1, -0.05) is 48.0 Å². The molecule has 0 aliphatic rings. The first-order valence-electron chi connectivity index (χ1n) is 5.26. The van der Waals surface area contributed by atoms with Crippen LogP contribution in [0.4, 0.5) is 0 Å². The summed E-state index contributed by atoms with van der Waals surface area (Å²) in [6.07, 6.45) is 0. The molecule has 0 atom stereocenters. The molecule has 0 unspecified atom stereocenters. The molecule has 1 heteroatoms. The number of hydrogen-bond donors (Lipinski definition) is 0. The van der Waals surface area contributed by atoms with Crippen molar-refractivity contribution >= 4 is 5.78 Å². The van der Waals surface area contributed by atoms with Crippen LogP contribution in [0.15, 0.2) is 42.5 Å². The van der Waals surface area contributed by atoms with E-state index >= 15 is 0 Å². The lowest BCUT2D eigenvalue weighted by molar-refractivity contribution is 0.101. The van der Waals surface area contributed by atoms with Gasteiger partial charge in [-0.15, -0.1) is 0 Å². The Morgan fingerprint density at radius 2 is 1.81 bits per heavy atom. The van der Waals surface area contributed by atoms with Crippen molar-refractivity contribution in [3.8, 4) is 11.1 Å². The fraction of sp³-hybridized carbons (Fsp3) is 0.133. The molecule has 79 valence electrons. The predicted molar refractivity (Wildman–Crippen MR) is 65.5 cm³/mol. The molecule has 16 heavy (non-hydrogen) atoms. The molecule has 0 heterocycles.